The smallest absolute Gasteiger partial charge is 0.164 e. The Morgan fingerprint density at radius 1 is 0.315 bits per heavy atom. The zero-order valence-electron chi connectivity index (χ0n) is 30.9. The molecule has 8 aromatic carbocycles. The topological polar surface area (TPSA) is 38.7 Å². The number of aromatic nitrogens is 3. The fourth-order valence-corrected chi connectivity index (χ4v) is 8.63. The van der Waals surface area contributed by atoms with Gasteiger partial charge in [0.25, 0.3) is 0 Å². The average Bonchev–Trinajstić information content (AvgIpc) is 3.22. The van der Waals surface area contributed by atoms with E-state index in [-0.39, 0.29) is 10.8 Å². The van der Waals surface area contributed by atoms with Crippen LogP contribution in [0.2, 0.25) is 0 Å². The second-order valence-electron chi connectivity index (χ2n) is 15.7. The van der Waals surface area contributed by atoms with Gasteiger partial charge in [0, 0.05) is 16.7 Å². The van der Waals surface area contributed by atoms with Crippen LogP contribution in [0.1, 0.15) is 38.8 Å². The molecule has 1 aliphatic carbocycles. The van der Waals surface area contributed by atoms with Crippen molar-refractivity contribution >= 4 is 32.3 Å². The van der Waals surface area contributed by atoms with E-state index >= 15 is 0 Å². The Hall–Kier alpha value is -6.45. The number of hydrogen-bond acceptors (Lipinski definition) is 3. The highest BCUT2D eigenvalue weighted by molar-refractivity contribution is 6.19. The fourth-order valence-electron chi connectivity index (χ4n) is 8.63. The summed E-state index contributed by atoms with van der Waals surface area (Å²) in [4.78, 5) is 15.3. The monoisotopic (exact) mass is 693 g/mol. The summed E-state index contributed by atoms with van der Waals surface area (Å²) in [6.45, 7) is 9.51. The SMILES string of the molecule is CC1(C)c2ccccc2-c2cc(-c3ccc(-c4nc(-c5ccccc5)nc(-c5cccc6c5ccc5c7ccccc7ccc65)n4)cc3)ccc2C1(C)C. The Morgan fingerprint density at radius 2 is 0.833 bits per heavy atom. The molecule has 0 saturated heterocycles. The lowest BCUT2D eigenvalue weighted by Gasteiger charge is -2.48. The lowest BCUT2D eigenvalue weighted by Crippen LogP contribution is -2.43. The Kier molecular flexibility index (Phi) is 7.19. The maximum absolute atomic E-state index is 5.17. The fraction of sp³-hybridized carbons (Fsp3) is 0.118. The highest BCUT2D eigenvalue weighted by atomic mass is 15.0. The molecular weight excluding hydrogens is 655 g/mol. The average molecular weight is 694 g/mol. The Bertz CT molecular complexity index is 2920. The van der Waals surface area contributed by atoms with Crippen LogP contribution >= 0.6 is 0 Å². The molecule has 9 aromatic rings. The van der Waals surface area contributed by atoms with Crippen molar-refractivity contribution in [3.05, 3.63) is 175 Å². The van der Waals surface area contributed by atoms with Crippen LogP contribution in [0.3, 0.4) is 0 Å². The summed E-state index contributed by atoms with van der Waals surface area (Å²) in [5, 5.41) is 7.27. The van der Waals surface area contributed by atoms with Crippen LogP contribution in [0.15, 0.2) is 164 Å². The number of rotatable bonds is 4. The van der Waals surface area contributed by atoms with Gasteiger partial charge in [-0.3, -0.25) is 0 Å². The molecule has 1 aromatic heterocycles. The molecule has 0 N–H and O–H groups in total. The van der Waals surface area contributed by atoms with Crippen molar-refractivity contribution in [1.82, 2.24) is 15.0 Å². The van der Waals surface area contributed by atoms with Gasteiger partial charge < -0.3 is 0 Å². The highest BCUT2D eigenvalue weighted by Gasteiger charge is 2.45. The summed E-state index contributed by atoms with van der Waals surface area (Å²) >= 11 is 0. The first-order chi connectivity index (χ1) is 26.3. The van der Waals surface area contributed by atoms with Gasteiger partial charge in [-0.15, -0.1) is 0 Å². The molecule has 0 unspecified atom stereocenters. The quantitative estimate of drug-likeness (QED) is 0.172. The zero-order valence-corrected chi connectivity index (χ0v) is 30.9. The van der Waals surface area contributed by atoms with Crippen LogP contribution in [0.25, 0.3) is 88.7 Å². The van der Waals surface area contributed by atoms with E-state index < -0.39 is 0 Å². The van der Waals surface area contributed by atoms with Crippen LogP contribution in [0, 0.1) is 0 Å². The van der Waals surface area contributed by atoms with E-state index in [9.17, 15) is 0 Å². The minimum atomic E-state index is -0.0164. The molecule has 0 spiro atoms. The van der Waals surface area contributed by atoms with Gasteiger partial charge in [-0.05, 0) is 82.6 Å². The summed E-state index contributed by atoms with van der Waals surface area (Å²) < 4.78 is 0. The maximum Gasteiger partial charge on any atom is 0.164 e. The molecule has 0 amide bonds. The predicted molar refractivity (Wildman–Crippen MR) is 226 cm³/mol. The maximum atomic E-state index is 5.17. The van der Waals surface area contributed by atoms with Crippen molar-refractivity contribution < 1.29 is 0 Å². The minimum Gasteiger partial charge on any atom is -0.208 e. The lowest BCUT2D eigenvalue weighted by atomic mass is 9.55. The first kappa shape index (κ1) is 32.2. The summed E-state index contributed by atoms with van der Waals surface area (Å²) in [5.74, 6) is 1.97. The third-order valence-corrected chi connectivity index (χ3v) is 12.3. The number of nitrogens with zero attached hydrogens (tertiary/aromatic N) is 3. The molecular formula is C51H39N3. The van der Waals surface area contributed by atoms with Crippen molar-refractivity contribution in [2.75, 3.05) is 0 Å². The van der Waals surface area contributed by atoms with Crippen LogP contribution in [-0.2, 0) is 10.8 Å². The third-order valence-electron chi connectivity index (χ3n) is 12.3. The standard InChI is InChI=1S/C51H39N3/c1-50(2)45-20-11-10-17-42(45)44-31-36(26-30-46(44)51(50,3)4)32-21-23-35(24-22-32)48-52-47(34-14-6-5-7-15-34)53-49(54-48)43-19-12-18-38-40-27-25-33-13-8-9-16-37(33)39(40)28-29-41(38)43/h5-31H,1-4H3. The van der Waals surface area contributed by atoms with Crippen LogP contribution < -0.4 is 0 Å². The van der Waals surface area contributed by atoms with Gasteiger partial charge in [0.2, 0.25) is 0 Å². The first-order valence-electron chi connectivity index (χ1n) is 18.8. The van der Waals surface area contributed by atoms with Gasteiger partial charge in [0.15, 0.2) is 17.5 Å². The summed E-state index contributed by atoms with van der Waals surface area (Å²) in [6.07, 6.45) is 0. The summed E-state index contributed by atoms with van der Waals surface area (Å²) in [7, 11) is 0. The Morgan fingerprint density at radius 3 is 1.63 bits per heavy atom. The van der Waals surface area contributed by atoms with Crippen molar-refractivity contribution in [3.63, 3.8) is 0 Å². The minimum absolute atomic E-state index is 0.0104. The zero-order chi connectivity index (χ0) is 36.6. The molecule has 0 bridgehead atoms. The molecule has 0 atom stereocenters. The predicted octanol–water partition coefficient (Wildman–Crippen LogP) is 13.2. The largest absolute Gasteiger partial charge is 0.208 e. The van der Waals surface area contributed by atoms with E-state index in [2.05, 4.69) is 173 Å². The van der Waals surface area contributed by atoms with Crippen LogP contribution in [-0.4, -0.2) is 15.0 Å². The van der Waals surface area contributed by atoms with Crippen molar-refractivity contribution in [2.45, 2.75) is 38.5 Å². The Balaban J connectivity index is 1.08. The lowest BCUT2D eigenvalue weighted by molar-refractivity contribution is 0.299. The number of benzene rings is 8. The second-order valence-corrected chi connectivity index (χ2v) is 15.7. The number of hydrogen-bond donors (Lipinski definition) is 0. The molecule has 3 heteroatoms. The van der Waals surface area contributed by atoms with Crippen molar-refractivity contribution in [3.8, 4) is 56.4 Å². The van der Waals surface area contributed by atoms with Gasteiger partial charge in [0.05, 0.1) is 0 Å². The molecule has 54 heavy (non-hydrogen) atoms. The second kappa shape index (κ2) is 12.0. The summed E-state index contributed by atoms with van der Waals surface area (Å²) in [5.41, 5.74) is 10.7. The molecule has 0 fully saturated rings. The van der Waals surface area contributed by atoms with E-state index in [0.29, 0.717) is 17.5 Å². The normalized spacial score (nSPS) is 14.2. The Labute approximate surface area is 316 Å². The van der Waals surface area contributed by atoms with E-state index in [1.807, 2.05) is 18.2 Å². The molecule has 0 saturated carbocycles. The molecule has 3 nitrogen and oxygen atoms in total. The molecule has 258 valence electrons. The van der Waals surface area contributed by atoms with Gasteiger partial charge in [-0.1, -0.05) is 185 Å². The third kappa shape index (κ3) is 4.92. The van der Waals surface area contributed by atoms with Gasteiger partial charge in [-0.25, -0.2) is 15.0 Å². The molecule has 0 aliphatic heterocycles. The number of fused-ring (bicyclic) bond motifs is 8. The van der Waals surface area contributed by atoms with Crippen molar-refractivity contribution in [1.29, 1.82) is 0 Å². The van der Waals surface area contributed by atoms with E-state index in [4.69, 9.17) is 15.0 Å². The molecule has 1 heterocycles. The van der Waals surface area contributed by atoms with Gasteiger partial charge >= 0.3 is 0 Å². The van der Waals surface area contributed by atoms with Gasteiger partial charge in [0.1, 0.15) is 0 Å². The van der Waals surface area contributed by atoms with Gasteiger partial charge in [-0.2, -0.15) is 0 Å². The van der Waals surface area contributed by atoms with Crippen molar-refractivity contribution in [2.24, 2.45) is 0 Å². The molecule has 10 rings (SSSR count). The summed E-state index contributed by atoms with van der Waals surface area (Å²) in [6, 6.07) is 58.7. The van der Waals surface area contributed by atoms with Crippen LogP contribution in [0.5, 0.6) is 0 Å². The van der Waals surface area contributed by atoms with E-state index in [1.54, 1.807) is 0 Å². The molecule has 1 aliphatic rings. The van der Waals surface area contributed by atoms with E-state index in [1.165, 1.54) is 54.7 Å². The highest BCUT2D eigenvalue weighted by Crippen LogP contribution is 2.54. The van der Waals surface area contributed by atoms with E-state index in [0.717, 1.165) is 27.6 Å². The first-order valence-corrected chi connectivity index (χ1v) is 18.8. The van der Waals surface area contributed by atoms with Crippen LogP contribution in [0.4, 0.5) is 0 Å². The molecule has 0 radical (unpaired) electrons.